The summed E-state index contributed by atoms with van der Waals surface area (Å²) in [6.45, 7) is 1.45. The number of aliphatic carboxylic acids is 1. The van der Waals surface area contributed by atoms with Crippen molar-refractivity contribution in [2.24, 2.45) is 0 Å². The van der Waals surface area contributed by atoms with Crippen LogP contribution in [-0.4, -0.2) is 80.7 Å². The summed E-state index contributed by atoms with van der Waals surface area (Å²) in [5, 5.41) is 17.2. The minimum absolute atomic E-state index is 0.0106. The van der Waals surface area contributed by atoms with E-state index in [9.17, 15) is 35.9 Å². The summed E-state index contributed by atoms with van der Waals surface area (Å²) in [6.07, 6.45) is -8.77. The number of carboxylic acid groups (broad SMARTS) is 1. The number of likely N-dealkylation sites (N-methyl/N-ethyl adjacent to an activating group) is 2. The largest absolute Gasteiger partial charge is 0.491 e. The number of carboxylic acids is 1. The van der Waals surface area contributed by atoms with E-state index in [1.807, 2.05) is 0 Å². The van der Waals surface area contributed by atoms with Crippen LogP contribution in [-0.2, 0) is 35.0 Å². The van der Waals surface area contributed by atoms with Crippen LogP contribution in [0.2, 0.25) is 10.0 Å². The molecule has 0 aliphatic heterocycles. The molecule has 0 aliphatic rings. The van der Waals surface area contributed by atoms with Crippen LogP contribution in [0.4, 0.5) is 30.7 Å². The molecule has 1 N–H and O–H groups in total. The summed E-state index contributed by atoms with van der Waals surface area (Å²) in [6, 6.07) is 25.7. The van der Waals surface area contributed by atoms with Gasteiger partial charge in [-0.1, -0.05) is 94.2 Å². The van der Waals surface area contributed by atoms with Gasteiger partial charge in [-0.2, -0.15) is 36.3 Å². The molecule has 0 spiro atoms. The second-order valence-electron chi connectivity index (χ2n) is 16.9. The summed E-state index contributed by atoms with van der Waals surface area (Å²) in [4.78, 5) is 35.1. The molecule has 0 fully saturated rings. The van der Waals surface area contributed by atoms with E-state index in [1.54, 1.807) is 61.2 Å². The summed E-state index contributed by atoms with van der Waals surface area (Å²) in [5.41, 5.74) is 0.673. The van der Waals surface area contributed by atoms with Gasteiger partial charge in [-0.25, -0.2) is 4.39 Å². The van der Waals surface area contributed by atoms with E-state index in [1.165, 1.54) is 72.8 Å². The number of aromatic nitrogens is 4. The molecule has 0 aliphatic carbocycles. The summed E-state index contributed by atoms with van der Waals surface area (Å²) in [5.74, 6) is -1.46. The Balaban J connectivity index is 0.904. The van der Waals surface area contributed by atoms with E-state index in [0.717, 1.165) is 12.1 Å². The van der Waals surface area contributed by atoms with Crippen molar-refractivity contribution >= 4 is 35.5 Å². The van der Waals surface area contributed by atoms with Crippen molar-refractivity contribution in [3.05, 3.63) is 159 Å². The quantitative estimate of drug-likeness (QED) is 0.0683. The van der Waals surface area contributed by atoms with Crippen LogP contribution in [0.3, 0.4) is 0 Å². The second-order valence-corrected chi connectivity index (χ2v) is 17.7. The number of nitrogens with zero attached hydrogens (tertiary/aromatic N) is 6. The highest BCUT2D eigenvalue weighted by molar-refractivity contribution is 6.33. The van der Waals surface area contributed by atoms with E-state index in [2.05, 4.69) is 20.3 Å². The van der Waals surface area contributed by atoms with Gasteiger partial charge in [-0.05, 0) is 103 Å². The molecule has 0 saturated carbocycles. The van der Waals surface area contributed by atoms with Gasteiger partial charge >= 0.3 is 18.3 Å². The Labute approximate surface area is 421 Å². The highest BCUT2D eigenvalue weighted by atomic mass is 35.5. The number of alkyl halides is 6. The fraction of sp³-hybridized carbons (Fsp3) is 0.192. The lowest BCUT2D eigenvalue weighted by Crippen LogP contribution is -2.37. The summed E-state index contributed by atoms with van der Waals surface area (Å²) < 4.78 is 117. The van der Waals surface area contributed by atoms with Crippen LogP contribution in [0.1, 0.15) is 27.8 Å². The van der Waals surface area contributed by atoms with E-state index < -0.39 is 41.3 Å². The Morgan fingerprint density at radius 3 is 1.84 bits per heavy atom. The number of aldehydes is 1. The zero-order valence-electron chi connectivity index (χ0n) is 38.5. The molecule has 8 aromatic rings. The molecule has 376 valence electrons. The molecular formula is C52H39Cl2F7N6O6. The molecule has 2 aromatic heterocycles. The van der Waals surface area contributed by atoms with Gasteiger partial charge in [-0.3, -0.25) is 14.6 Å². The fourth-order valence-electron chi connectivity index (χ4n) is 7.97. The topological polar surface area (TPSA) is 148 Å². The van der Waals surface area contributed by atoms with Crippen LogP contribution in [0.25, 0.3) is 67.9 Å². The average molecular weight is 1050 g/mol. The van der Waals surface area contributed by atoms with Crippen LogP contribution in [0, 0.1) is 12.7 Å². The number of benzene rings is 6. The zero-order valence-corrected chi connectivity index (χ0v) is 40.0. The Morgan fingerprint density at radius 2 is 1.25 bits per heavy atom. The third-order valence-electron chi connectivity index (χ3n) is 11.7. The summed E-state index contributed by atoms with van der Waals surface area (Å²) in [7, 11) is 3.21. The van der Waals surface area contributed by atoms with Crippen molar-refractivity contribution in [3.63, 3.8) is 0 Å². The lowest BCUT2D eigenvalue weighted by atomic mass is 9.94. The number of carbonyl (C=O) groups is 2. The highest BCUT2D eigenvalue weighted by Crippen LogP contribution is 2.43. The Hall–Kier alpha value is -7.45. The van der Waals surface area contributed by atoms with E-state index in [0.29, 0.717) is 33.6 Å². The number of aryl methyl sites for hydroxylation is 1. The maximum absolute atomic E-state index is 15.6. The van der Waals surface area contributed by atoms with Gasteiger partial charge in [0.25, 0.3) is 11.8 Å². The van der Waals surface area contributed by atoms with Gasteiger partial charge in [0.1, 0.15) is 30.5 Å². The third-order valence-corrected chi connectivity index (χ3v) is 12.3. The highest BCUT2D eigenvalue weighted by Gasteiger charge is 2.36. The third kappa shape index (κ3) is 11.9. The van der Waals surface area contributed by atoms with Crippen molar-refractivity contribution in [3.8, 4) is 73.7 Å². The zero-order chi connectivity index (χ0) is 52.4. The van der Waals surface area contributed by atoms with Crippen molar-refractivity contribution in [1.29, 1.82) is 0 Å². The standard InChI is InChI=1S/C52H39Cl2F7N6O6/c1-28-18-36(14-17-37(28)39-15-12-31(19-42(39)52(59,60)61)49-62-47(64-72-49)29-8-10-33(43(53)20-29)23-66(2)25-46(69)70)71-27-35(26-68)67(3)24-34-11-9-30(22-45(34)55)48-63-50(73-65-48)32-13-16-40(44(54)21-32)38-6-4-5-7-41(38)51(56,57)58/h4-22,26,35H,23-25,27H2,1-3H3,(H,69,70). The molecule has 1 atom stereocenters. The molecule has 0 amide bonds. The monoisotopic (exact) mass is 1050 g/mol. The van der Waals surface area contributed by atoms with Gasteiger partial charge in [-0.15, -0.1) is 0 Å². The van der Waals surface area contributed by atoms with Gasteiger partial charge in [0.2, 0.25) is 11.6 Å². The molecule has 8 rings (SSSR count). The first kappa shape index (κ1) is 51.9. The number of hydrogen-bond acceptors (Lipinski definition) is 11. The summed E-state index contributed by atoms with van der Waals surface area (Å²) >= 11 is 12.9. The van der Waals surface area contributed by atoms with Crippen molar-refractivity contribution in [1.82, 2.24) is 30.1 Å². The van der Waals surface area contributed by atoms with Gasteiger partial charge < -0.3 is 23.7 Å². The number of halogens is 9. The second kappa shape index (κ2) is 21.3. The lowest BCUT2D eigenvalue weighted by molar-refractivity contribution is -0.138. The van der Waals surface area contributed by atoms with Gasteiger partial charge in [0.05, 0.1) is 17.7 Å². The molecular weight excluding hydrogens is 1010 g/mol. The molecule has 21 heteroatoms. The van der Waals surface area contributed by atoms with Crippen LogP contribution in [0.15, 0.2) is 124 Å². The minimum Gasteiger partial charge on any atom is -0.491 e. The molecule has 2 heterocycles. The van der Waals surface area contributed by atoms with Gasteiger partial charge in [0.15, 0.2) is 0 Å². The molecule has 0 bridgehead atoms. The molecule has 73 heavy (non-hydrogen) atoms. The predicted molar refractivity (Wildman–Crippen MR) is 257 cm³/mol. The van der Waals surface area contributed by atoms with Crippen molar-refractivity contribution < 1.29 is 59.2 Å². The number of hydrogen-bond donors (Lipinski definition) is 1. The Bertz CT molecular complexity index is 3340. The van der Waals surface area contributed by atoms with Crippen molar-refractivity contribution in [2.75, 3.05) is 27.2 Å². The SMILES string of the molecule is Cc1cc(OCC(C=O)N(C)Cc2ccc(-c3noc(-c4ccc(-c5ccccc5C(F)(F)F)c(Cl)c4)n3)cc2F)ccc1-c1ccc(-c2nc(-c3ccc(CN(C)CC(=O)O)c(Cl)c3)no2)cc1C(F)(F)F. The molecule has 12 nitrogen and oxygen atoms in total. The Kier molecular flexibility index (Phi) is 15.2. The molecule has 1 unspecified atom stereocenters. The first-order valence-corrected chi connectivity index (χ1v) is 22.6. The van der Waals surface area contributed by atoms with E-state index in [4.69, 9.17) is 42.1 Å². The van der Waals surface area contributed by atoms with Gasteiger partial charge in [0, 0.05) is 56.5 Å². The Morgan fingerprint density at radius 1 is 0.685 bits per heavy atom. The van der Waals surface area contributed by atoms with Crippen LogP contribution < -0.4 is 4.74 Å². The number of rotatable bonds is 17. The first-order valence-electron chi connectivity index (χ1n) is 21.9. The number of ether oxygens (including phenoxy) is 1. The first-order chi connectivity index (χ1) is 34.7. The predicted octanol–water partition coefficient (Wildman–Crippen LogP) is 12.8. The molecule has 0 radical (unpaired) electrons. The van der Waals surface area contributed by atoms with Crippen LogP contribution in [0.5, 0.6) is 5.75 Å². The number of carbonyl (C=O) groups excluding carboxylic acids is 1. The fourth-order valence-corrected chi connectivity index (χ4v) is 8.49. The lowest BCUT2D eigenvalue weighted by Gasteiger charge is -2.24. The smallest absolute Gasteiger partial charge is 0.417 e. The molecule has 6 aromatic carbocycles. The maximum Gasteiger partial charge on any atom is 0.417 e. The minimum atomic E-state index is -4.79. The van der Waals surface area contributed by atoms with E-state index in [-0.39, 0.29) is 99.4 Å². The van der Waals surface area contributed by atoms with E-state index >= 15 is 4.39 Å². The maximum atomic E-state index is 15.6. The van der Waals surface area contributed by atoms with Crippen molar-refractivity contribution in [2.45, 2.75) is 38.4 Å². The molecule has 0 saturated heterocycles. The van der Waals surface area contributed by atoms with Crippen LogP contribution >= 0.6 is 23.2 Å². The average Bonchev–Trinajstić information content (AvgIpc) is 4.04. The normalized spacial score (nSPS) is 12.4.